The lowest BCUT2D eigenvalue weighted by molar-refractivity contribution is -0.255. The second kappa shape index (κ2) is 2.83. The van der Waals surface area contributed by atoms with E-state index in [2.05, 4.69) is 0 Å². The molecule has 2 unspecified atom stereocenters. The van der Waals surface area contributed by atoms with Crippen LogP contribution in [0.25, 0.3) is 0 Å². The lowest BCUT2D eigenvalue weighted by atomic mass is 9.95. The van der Waals surface area contributed by atoms with Gasteiger partial charge in [0.05, 0.1) is 12.1 Å². The van der Waals surface area contributed by atoms with Gasteiger partial charge in [-0.3, -0.25) is 0 Å². The summed E-state index contributed by atoms with van der Waals surface area (Å²) in [7, 11) is 0. The average molecular weight is 203 g/mol. The maximum atomic E-state index is 10.7. The molecule has 2 aliphatic rings. The molecule has 3 nitrogen and oxygen atoms in total. The fraction of sp³-hybridized carbons (Fsp3) is 0.417. The summed E-state index contributed by atoms with van der Waals surface area (Å²) in [4.78, 5) is 10.7. The molecule has 1 aromatic rings. The molecule has 1 saturated heterocycles. The maximum Gasteiger partial charge on any atom is 0.120 e. The number of fused-ring (bicyclic) bond motifs is 1. The molecule has 2 fully saturated rings. The SMILES string of the molecule is O=C([O-])c1cccc(C23CCCC2O3)c1. The van der Waals surface area contributed by atoms with Gasteiger partial charge >= 0.3 is 0 Å². The van der Waals surface area contributed by atoms with Crippen molar-refractivity contribution in [3.63, 3.8) is 0 Å². The number of hydrogen-bond acceptors (Lipinski definition) is 3. The van der Waals surface area contributed by atoms with Crippen LogP contribution in [-0.4, -0.2) is 12.1 Å². The van der Waals surface area contributed by atoms with Crippen molar-refractivity contribution in [3.05, 3.63) is 35.4 Å². The number of epoxide rings is 1. The fourth-order valence-electron chi connectivity index (χ4n) is 2.59. The number of carboxylic acids is 1. The number of benzene rings is 1. The van der Waals surface area contributed by atoms with Crippen molar-refractivity contribution in [2.45, 2.75) is 31.0 Å². The summed E-state index contributed by atoms with van der Waals surface area (Å²) in [6.45, 7) is 0. The van der Waals surface area contributed by atoms with E-state index >= 15 is 0 Å². The van der Waals surface area contributed by atoms with Gasteiger partial charge in [-0.1, -0.05) is 18.2 Å². The summed E-state index contributed by atoms with van der Waals surface area (Å²) >= 11 is 0. The molecule has 1 aliphatic carbocycles. The molecular weight excluding hydrogens is 192 g/mol. The van der Waals surface area contributed by atoms with Crippen molar-refractivity contribution < 1.29 is 14.6 Å². The minimum atomic E-state index is -1.12. The molecule has 0 aromatic heterocycles. The number of hydrogen-bond donors (Lipinski definition) is 0. The van der Waals surface area contributed by atoms with Gasteiger partial charge in [0.2, 0.25) is 0 Å². The Bertz CT molecular complexity index is 427. The molecule has 0 amide bonds. The predicted molar refractivity (Wildman–Crippen MR) is 51.2 cm³/mol. The third-order valence-corrected chi connectivity index (χ3v) is 3.42. The van der Waals surface area contributed by atoms with Crippen molar-refractivity contribution in [1.82, 2.24) is 0 Å². The minimum Gasteiger partial charge on any atom is -0.545 e. The summed E-state index contributed by atoms with van der Waals surface area (Å²) < 4.78 is 5.65. The Balaban J connectivity index is 1.99. The van der Waals surface area contributed by atoms with Crippen LogP contribution in [0.15, 0.2) is 24.3 Å². The van der Waals surface area contributed by atoms with Crippen LogP contribution in [0, 0.1) is 0 Å². The van der Waals surface area contributed by atoms with Gasteiger partial charge in [0.25, 0.3) is 0 Å². The second-order valence-corrected chi connectivity index (χ2v) is 4.26. The number of carbonyl (C=O) groups excluding carboxylic acids is 1. The first-order chi connectivity index (χ1) is 7.22. The Morgan fingerprint density at radius 1 is 1.53 bits per heavy atom. The average Bonchev–Trinajstić information content (AvgIpc) is 2.82. The normalized spacial score (nSPS) is 32.4. The van der Waals surface area contributed by atoms with Gasteiger partial charge < -0.3 is 14.6 Å². The number of carboxylic acid groups (broad SMARTS) is 1. The monoisotopic (exact) mass is 203 g/mol. The largest absolute Gasteiger partial charge is 0.545 e. The molecule has 2 atom stereocenters. The summed E-state index contributed by atoms with van der Waals surface area (Å²) in [6, 6.07) is 6.94. The fourth-order valence-corrected chi connectivity index (χ4v) is 2.59. The number of ether oxygens (including phenoxy) is 1. The smallest absolute Gasteiger partial charge is 0.120 e. The molecule has 0 bridgehead atoms. The summed E-state index contributed by atoms with van der Waals surface area (Å²) in [6.07, 6.45) is 3.58. The van der Waals surface area contributed by atoms with Crippen LogP contribution in [-0.2, 0) is 10.3 Å². The Kier molecular flexibility index (Phi) is 1.68. The Labute approximate surface area is 87.7 Å². The van der Waals surface area contributed by atoms with Crippen molar-refractivity contribution in [3.8, 4) is 0 Å². The lowest BCUT2D eigenvalue weighted by Crippen LogP contribution is -2.22. The van der Waals surface area contributed by atoms with E-state index in [0.29, 0.717) is 6.10 Å². The van der Waals surface area contributed by atoms with Gasteiger partial charge in [-0.05, 0) is 36.5 Å². The molecule has 1 aromatic carbocycles. The summed E-state index contributed by atoms with van der Waals surface area (Å²) in [5.74, 6) is -1.12. The number of carbonyl (C=O) groups is 1. The standard InChI is InChI=1S/C12H12O3/c13-11(14)8-3-1-4-9(7-8)12-6-2-5-10(12)15-12/h1,3-4,7,10H,2,5-6H2,(H,13,14)/p-1. The first-order valence-electron chi connectivity index (χ1n) is 5.22. The molecule has 1 heterocycles. The zero-order valence-electron chi connectivity index (χ0n) is 8.23. The first-order valence-corrected chi connectivity index (χ1v) is 5.22. The van der Waals surface area contributed by atoms with Crippen LogP contribution in [0.4, 0.5) is 0 Å². The number of aromatic carboxylic acids is 1. The molecule has 3 rings (SSSR count). The van der Waals surface area contributed by atoms with E-state index in [4.69, 9.17) is 4.74 Å². The topological polar surface area (TPSA) is 52.7 Å². The van der Waals surface area contributed by atoms with Crippen LogP contribution in [0.3, 0.4) is 0 Å². The van der Waals surface area contributed by atoms with E-state index < -0.39 is 5.97 Å². The van der Waals surface area contributed by atoms with Gasteiger partial charge in [0, 0.05) is 0 Å². The molecule has 0 N–H and O–H groups in total. The van der Waals surface area contributed by atoms with Crippen molar-refractivity contribution in [2.75, 3.05) is 0 Å². The van der Waals surface area contributed by atoms with Crippen LogP contribution in [0.5, 0.6) is 0 Å². The molecule has 3 heteroatoms. The third-order valence-electron chi connectivity index (χ3n) is 3.42. The van der Waals surface area contributed by atoms with E-state index in [9.17, 15) is 9.90 Å². The highest BCUT2D eigenvalue weighted by molar-refractivity contribution is 5.86. The van der Waals surface area contributed by atoms with E-state index in [-0.39, 0.29) is 11.2 Å². The minimum absolute atomic E-state index is 0.161. The van der Waals surface area contributed by atoms with Crippen LogP contribution >= 0.6 is 0 Å². The van der Waals surface area contributed by atoms with Gasteiger partial charge in [-0.2, -0.15) is 0 Å². The molecule has 1 aliphatic heterocycles. The van der Waals surface area contributed by atoms with Gasteiger partial charge in [0.1, 0.15) is 5.60 Å². The first kappa shape index (κ1) is 8.92. The lowest BCUT2D eigenvalue weighted by Gasteiger charge is -2.11. The van der Waals surface area contributed by atoms with Crippen LogP contribution in [0.2, 0.25) is 0 Å². The summed E-state index contributed by atoms with van der Waals surface area (Å²) in [5.41, 5.74) is 1.07. The summed E-state index contributed by atoms with van der Waals surface area (Å²) in [5, 5.41) is 10.7. The van der Waals surface area contributed by atoms with Gasteiger partial charge in [-0.15, -0.1) is 0 Å². The Morgan fingerprint density at radius 3 is 3.00 bits per heavy atom. The molecule has 15 heavy (non-hydrogen) atoms. The van der Waals surface area contributed by atoms with Crippen LogP contribution < -0.4 is 5.11 Å². The van der Waals surface area contributed by atoms with Gasteiger partial charge in [-0.25, -0.2) is 0 Å². The van der Waals surface area contributed by atoms with Gasteiger partial charge in [0.15, 0.2) is 0 Å². The van der Waals surface area contributed by atoms with E-state index in [0.717, 1.165) is 18.4 Å². The maximum absolute atomic E-state index is 10.7. The zero-order chi connectivity index (χ0) is 10.5. The van der Waals surface area contributed by atoms with Crippen LogP contribution in [0.1, 0.15) is 35.2 Å². The quantitative estimate of drug-likeness (QED) is 0.669. The second-order valence-electron chi connectivity index (χ2n) is 4.26. The number of rotatable bonds is 2. The highest BCUT2D eigenvalue weighted by Crippen LogP contribution is 2.57. The Morgan fingerprint density at radius 2 is 2.40 bits per heavy atom. The highest BCUT2D eigenvalue weighted by atomic mass is 16.6. The highest BCUT2D eigenvalue weighted by Gasteiger charge is 2.60. The molecule has 0 radical (unpaired) electrons. The molecule has 1 saturated carbocycles. The van der Waals surface area contributed by atoms with Crippen molar-refractivity contribution >= 4 is 5.97 Å². The van der Waals surface area contributed by atoms with E-state index in [1.165, 1.54) is 6.42 Å². The van der Waals surface area contributed by atoms with Crippen molar-refractivity contribution in [2.24, 2.45) is 0 Å². The Hall–Kier alpha value is -1.35. The molecule has 78 valence electrons. The van der Waals surface area contributed by atoms with Crippen molar-refractivity contribution in [1.29, 1.82) is 0 Å². The predicted octanol–water partition coefficient (Wildman–Crippen LogP) is 0.828. The van der Waals surface area contributed by atoms with E-state index in [1.807, 2.05) is 6.07 Å². The van der Waals surface area contributed by atoms with E-state index in [1.54, 1.807) is 18.2 Å². The molecule has 0 spiro atoms. The zero-order valence-corrected chi connectivity index (χ0v) is 8.23. The molecular formula is C12H11O3-. The third kappa shape index (κ3) is 1.20.